The van der Waals surface area contributed by atoms with Gasteiger partial charge in [-0.3, -0.25) is 9.59 Å². The molecule has 102 valence electrons. The molecule has 0 aromatic rings. The molecule has 0 saturated heterocycles. The Kier molecular flexibility index (Phi) is 3.64. The highest BCUT2D eigenvalue weighted by molar-refractivity contribution is 6.01. The minimum Gasteiger partial charge on any atom is -0.465 e. The highest BCUT2D eigenvalue weighted by Gasteiger charge is 2.65. The Morgan fingerprint density at radius 3 is 1.78 bits per heavy atom. The standard InChI is InChI=1S/C14H22O4/c1-3-17-11(15)14(12(16)18-4-2)9-13(10-14)7-5-6-8-13/h3-10H2,1-2H3. The Bertz CT molecular complexity index is 314. The van der Waals surface area contributed by atoms with Crippen LogP contribution in [0.2, 0.25) is 0 Å². The first-order chi connectivity index (χ1) is 8.58. The molecule has 0 aliphatic heterocycles. The van der Waals surface area contributed by atoms with E-state index in [1.54, 1.807) is 13.8 Å². The number of carbonyl (C=O) groups is 2. The summed E-state index contributed by atoms with van der Waals surface area (Å²) in [6.45, 7) is 4.15. The second kappa shape index (κ2) is 4.90. The van der Waals surface area contributed by atoms with E-state index in [1.165, 1.54) is 12.8 Å². The molecule has 2 aliphatic carbocycles. The van der Waals surface area contributed by atoms with Crippen LogP contribution < -0.4 is 0 Å². The fraction of sp³-hybridized carbons (Fsp3) is 0.857. The van der Waals surface area contributed by atoms with Crippen molar-refractivity contribution in [2.24, 2.45) is 10.8 Å². The summed E-state index contributed by atoms with van der Waals surface area (Å²) in [5, 5.41) is 0. The Balaban J connectivity index is 2.11. The summed E-state index contributed by atoms with van der Waals surface area (Å²) in [5.41, 5.74) is -0.796. The van der Waals surface area contributed by atoms with Crippen molar-refractivity contribution in [1.29, 1.82) is 0 Å². The molecule has 4 nitrogen and oxygen atoms in total. The molecular weight excluding hydrogens is 232 g/mol. The Morgan fingerprint density at radius 2 is 1.39 bits per heavy atom. The summed E-state index contributed by atoms with van der Waals surface area (Å²) in [6, 6.07) is 0. The van der Waals surface area contributed by atoms with Gasteiger partial charge in [0.1, 0.15) is 0 Å². The van der Waals surface area contributed by atoms with Crippen LogP contribution in [0.3, 0.4) is 0 Å². The molecule has 2 rings (SSSR count). The lowest BCUT2D eigenvalue weighted by Gasteiger charge is -2.51. The monoisotopic (exact) mass is 254 g/mol. The highest BCUT2D eigenvalue weighted by Crippen LogP contribution is 2.63. The summed E-state index contributed by atoms with van der Waals surface area (Å²) < 4.78 is 10.2. The fourth-order valence-electron chi connectivity index (χ4n) is 3.62. The minimum atomic E-state index is -1.00. The number of hydrogen-bond donors (Lipinski definition) is 0. The lowest BCUT2D eigenvalue weighted by atomic mass is 9.52. The second-order valence-corrected chi connectivity index (χ2v) is 5.58. The van der Waals surface area contributed by atoms with Gasteiger partial charge < -0.3 is 9.47 Å². The van der Waals surface area contributed by atoms with Crippen molar-refractivity contribution < 1.29 is 19.1 Å². The summed E-state index contributed by atoms with van der Waals surface area (Å²) in [5.74, 6) is -0.776. The molecule has 4 heteroatoms. The SMILES string of the molecule is CCOC(=O)C1(C(=O)OCC)CC2(CCCC2)C1. The molecule has 0 N–H and O–H groups in total. The molecule has 0 aromatic heterocycles. The van der Waals surface area contributed by atoms with E-state index in [-0.39, 0.29) is 17.4 Å². The minimum absolute atomic E-state index is 0.208. The summed E-state index contributed by atoms with van der Waals surface area (Å²) in [4.78, 5) is 24.2. The molecule has 0 unspecified atom stereocenters. The molecule has 2 aliphatic rings. The van der Waals surface area contributed by atoms with Gasteiger partial charge in [-0.25, -0.2) is 0 Å². The predicted octanol–water partition coefficient (Wildman–Crippen LogP) is 2.45. The lowest BCUT2D eigenvalue weighted by molar-refractivity contribution is -0.191. The van der Waals surface area contributed by atoms with Crippen molar-refractivity contribution in [3.8, 4) is 0 Å². The van der Waals surface area contributed by atoms with Gasteiger partial charge in [0.15, 0.2) is 5.41 Å². The molecule has 0 bridgehead atoms. The number of esters is 2. The first kappa shape index (κ1) is 13.4. The quantitative estimate of drug-likeness (QED) is 0.571. The molecule has 0 amide bonds. The largest absolute Gasteiger partial charge is 0.465 e. The number of carbonyl (C=O) groups excluding carboxylic acids is 2. The van der Waals surface area contributed by atoms with E-state index in [0.29, 0.717) is 26.1 Å². The van der Waals surface area contributed by atoms with Crippen LogP contribution in [0.1, 0.15) is 52.4 Å². The van der Waals surface area contributed by atoms with Crippen LogP contribution >= 0.6 is 0 Å². The van der Waals surface area contributed by atoms with Gasteiger partial charge in [-0.15, -0.1) is 0 Å². The molecule has 0 aromatic carbocycles. The van der Waals surface area contributed by atoms with Gasteiger partial charge in [0, 0.05) is 0 Å². The number of rotatable bonds is 4. The molecule has 2 saturated carbocycles. The zero-order valence-corrected chi connectivity index (χ0v) is 11.3. The van der Waals surface area contributed by atoms with Crippen LogP contribution in [0, 0.1) is 10.8 Å². The first-order valence-corrected chi connectivity index (χ1v) is 6.93. The van der Waals surface area contributed by atoms with E-state index in [0.717, 1.165) is 12.8 Å². The van der Waals surface area contributed by atoms with E-state index >= 15 is 0 Å². The Labute approximate surface area is 108 Å². The van der Waals surface area contributed by atoms with E-state index in [4.69, 9.17) is 9.47 Å². The third kappa shape index (κ3) is 2.02. The van der Waals surface area contributed by atoms with Gasteiger partial charge in [0.05, 0.1) is 13.2 Å². The number of hydrogen-bond acceptors (Lipinski definition) is 4. The van der Waals surface area contributed by atoms with Crippen molar-refractivity contribution in [2.45, 2.75) is 52.4 Å². The van der Waals surface area contributed by atoms with Crippen LogP contribution in [0.4, 0.5) is 0 Å². The molecular formula is C14H22O4. The molecule has 0 radical (unpaired) electrons. The Morgan fingerprint density at radius 1 is 0.944 bits per heavy atom. The number of ether oxygens (including phenoxy) is 2. The van der Waals surface area contributed by atoms with Crippen LogP contribution in [0.25, 0.3) is 0 Å². The summed E-state index contributed by atoms with van der Waals surface area (Å²) in [7, 11) is 0. The highest BCUT2D eigenvalue weighted by atomic mass is 16.6. The normalized spacial score (nSPS) is 23.4. The van der Waals surface area contributed by atoms with Gasteiger partial charge in [0.2, 0.25) is 0 Å². The van der Waals surface area contributed by atoms with Crippen molar-refractivity contribution in [1.82, 2.24) is 0 Å². The van der Waals surface area contributed by atoms with Crippen LogP contribution in [-0.2, 0) is 19.1 Å². The average molecular weight is 254 g/mol. The van der Waals surface area contributed by atoms with Crippen molar-refractivity contribution in [3.05, 3.63) is 0 Å². The van der Waals surface area contributed by atoms with E-state index in [2.05, 4.69) is 0 Å². The summed E-state index contributed by atoms with van der Waals surface area (Å²) >= 11 is 0. The maximum atomic E-state index is 12.1. The fourth-order valence-corrected chi connectivity index (χ4v) is 3.62. The van der Waals surface area contributed by atoms with Gasteiger partial charge in [0.25, 0.3) is 0 Å². The van der Waals surface area contributed by atoms with Gasteiger partial charge in [-0.1, -0.05) is 12.8 Å². The van der Waals surface area contributed by atoms with Crippen molar-refractivity contribution in [2.75, 3.05) is 13.2 Å². The molecule has 2 fully saturated rings. The smallest absolute Gasteiger partial charge is 0.323 e. The van der Waals surface area contributed by atoms with E-state index < -0.39 is 5.41 Å². The van der Waals surface area contributed by atoms with Crippen LogP contribution in [-0.4, -0.2) is 25.2 Å². The van der Waals surface area contributed by atoms with Crippen LogP contribution in [0.15, 0.2) is 0 Å². The zero-order valence-electron chi connectivity index (χ0n) is 11.3. The molecule has 1 spiro atoms. The first-order valence-electron chi connectivity index (χ1n) is 6.93. The average Bonchev–Trinajstić information content (AvgIpc) is 2.75. The summed E-state index contributed by atoms with van der Waals surface area (Å²) in [6.07, 6.45) is 5.93. The van der Waals surface area contributed by atoms with E-state index in [1.807, 2.05) is 0 Å². The topological polar surface area (TPSA) is 52.6 Å². The maximum Gasteiger partial charge on any atom is 0.323 e. The maximum absolute atomic E-state index is 12.1. The molecule has 18 heavy (non-hydrogen) atoms. The third-order valence-corrected chi connectivity index (χ3v) is 4.35. The third-order valence-electron chi connectivity index (χ3n) is 4.35. The lowest BCUT2D eigenvalue weighted by Crippen LogP contribution is -2.56. The van der Waals surface area contributed by atoms with Crippen molar-refractivity contribution >= 4 is 11.9 Å². The molecule has 0 heterocycles. The van der Waals surface area contributed by atoms with Gasteiger partial charge >= 0.3 is 11.9 Å². The predicted molar refractivity (Wildman–Crippen MR) is 65.8 cm³/mol. The Hall–Kier alpha value is -1.06. The molecule has 0 atom stereocenters. The zero-order chi connectivity index (χ0) is 13.2. The van der Waals surface area contributed by atoms with Gasteiger partial charge in [-0.05, 0) is 44.9 Å². The second-order valence-electron chi connectivity index (χ2n) is 5.58. The van der Waals surface area contributed by atoms with Crippen LogP contribution in [0.5, 0.6) is 0 Å². The van der Waals surface area contributed by atoms with E-state index in [9.17, 15) is 9.59 Å². The van der Waals surface area contributed by atoms with Crippen molar-refractivity contribution in [3.63, 3.8) is 0 Å². The van der Waals surface area contributed by atoms with Gasteiger partial charge in [-0.2, -0.15) is 0 Å².